The van der Waals surface area contributed by atoms with E-state index in [1.165, 1.54) is 12.1 Å². The molecule has 2 aliphatic rings. The molecule has 0 unspecified atom stereocenters. The van der Waals surface area contributed by atoms with Crippen molar-refractivity contribution in [2.45, 2.75) is 16.4 Å². The number of hydrogen-bond acceptors (Lipinski definition) is 6. The van der Waals surface area contributed by atoms with E-state index < -0.39 is 33.2 Å². The van der Waals surface area contributed by atoms with Gasteiger partial charge >= 0.3 is 5.97 Å². The number of fused-ring (bicyclic) bond motifs is 1. The zero-order valence-electron chi connectivity index (χ0n) is 9.26. The van der Waals surface area contributed by atoms with E-state index in [1.807, 2.05) is 0 Å². The van der Waals surface area contributed by atoms with Crippen molar-refractivity contribution in [2.24, 2.45) is 16.1 Å². The Labute approximate surface area is 104 Å². The van der Waals surface area contributed by atoms with Gasteiger partial charge in [0.05, 0.1) is 17.4 Å². The highest BCUT2D eigenvalue weighted by Gasteiger charge is 2.53. The molecule has 6 nitrogen and oxygen atoms in total. The van der Waals surface area contributed by atoms with E-state index in [-0.39, 0.29) is 11.4 Å². The molecule has 2 heterocycles. The number of azo groups is 1. The van der Waals surface area contributed by atoms with Crippen LogP contribution in [0.5, 0.6) is 0 Å². The lowest BCUT2D eigenvalue weighted by Crippen LogP contribution is -2.30. The van der Waals surface area contributed by atoms with Gasteiger partial charge in [-0.25, -0.2) is 13.2 Å². The SMILES string of the molecule is O=C1O[C@@H](S(=O)(=O)c2ccccc2)[C@@H]2CN=N[C@H]12. The fourth-order valence-corrected chi connectivity index (χ4v) is 3.90. The lowest BCUT2D eigenvalue weighted by Gasteiger charge is -2.15. The van der Waals surface area contributed by atoms with Crippen LogP contribution in [0, 0.1) is 5.92 Å². The van der Waals surface area contributed by atoms with Crippen molar-refractivity contribution in [3.05, 3.63) is 30.3 Å². The first-order valence-electron chi connectivity index (χ1n) is 5.47. The van der Waals surface area contributed by atoms with Crippen LogP contribution in [-0.4, -0.2) is 32.4 Å². The molecule has 1 saturated heterocycles. The van der Waals surface area contributed by atoms with Crippen molar-refractivity contribution < 1.29 is 17.9 Å². The van der Waals surface area contributed by atoms with Crippen LogP contribution in [0.2, 0.25) is 0 Å². The first kappa shape index (κ1) is 11.3. The Kier molecular flexibility index (Phi) is 2.44. The first-order chi connectivity index (χ1) is 8.60. The summed E-state index contributed by atoms with van der Waals surface area (Å²) in [6.07, 6.45) is 0. The van der Waals surface area contributed by atoms with Gasteiger partial charge in [0.25, 0.3) is 0 Å². The minimum atomic E-state index is -3.69. The minimum Gasteiger partial charge on any atom is -0.443 e. The highest BCUT2D eigenvalue weighted by atomic mass is 32.2. The van der Waals surface area contributed by atoms with Crippen LogP contribution in [0.25, 0.3) is 0 Å². The normalized spacial score (nSPS) is 30.2. The molecular weight excluding hydrogens is 256 g/mol. The average molecular weight is 266 g/mol. The number of benzene rings is 1. The van der Waals surface area contributed by atoms with Crippen molar-refractivity contribution in [2.75, 3.05) is 6.54 Å². The number of carbonyl (C=O) groups excluding carboxylic acids is 1. The van der Waals surface area contributed by atoms with E-state index >= 15 is 0 Å². The second kappa shape index (κ2) is 3.88. The maximum atomic E-state index is 12.4. The van der Waals surface area contributed by atoms with Gasteiger partial charge in [-0.15, -0.1) is 0 Å². The van der Waals surface area contributed by atoms with Crippen molar-refractivity contribution in [3.63, 3.8) is 0 Å². The largest absolute Gasteiger partial charge is 0.443 e. The third kappa shape index (κ3) is 1.54. The number of rotatable bonds is 2. The molecule has 2 aliphatic heterocycles. The van der Waals surface area contributed by atoms with E-state index in [9.17, 15) is 13.2 Å². The summed E-state index contributed by atoms with van der Waals surface area (Å²) in [5.41, 5.74) is -1.17. The molecule has 0 aromatic heterocycles. The van der Waals surface area contributed by atoms with E-state index in [1.54, 1.807) is 18.2 Å². The molecule has 94 valence electrons. The molecule has 1 aromatic rings. The molecule has 0 amide bonds. The summed E-state index contributed by atoms with van der Waals surface area (Å²) in [5, 5.41) is 7.46. The Morgan fingerprint density at radius 2 is 1.94 bits per heavy atom. The van der Waals surface area contributed by atoms with Gasteiger partial charge in [-0.05, 0) is 12.1 Å². The maximum absolute atomic E-state index is 12.4. The Morgan fingerprint density at radius 1 is 1.22 bits per heavy atom. The predicted octanol–water partition coefficient (Wildman–Crippen LogP) is 0.794. The predicted molar refractivity (Wildman–Crippen MR) is 60.5 cm³/mol. The molecule has 18 heavy (non-hydrogen) atoms. The molecule has 0 N–H and O–H groups in total. The zero-order valence-corrected chi connectivity index (χ0v) is 10.1. The number of esters is 1. The molecule has 7 heteroatoms. The number of nitrogens with zero attached hydrogens (tertiary/aromatic N) is 2. The molecule has 0 bridgehead atoms. The maximum Gasteiger partial charge on any atom is 0.334 e. The smallest absolute Gasteiger partial charge is 0.334 e. The van der Waals surface area contributed by atoms with E-state index in [0.29, 0.717) is 0 Å². The number of carbonyl (C=O) groups is 1. The summed E-state index contributed by atoms with van der Waals surface area (Å²) in [6, 6.07) is 7.20. The Balaban J connectivity index is 1.99. The summed E-state index contributed by atoms with van der Waals surface area (Å²) in [5.74, 6) is -1.10. The number of sulfone groups is 1. The lowest BCUT2D eigenvalue weighted by atomic mass is 10.1. The van der Waals surface area contributed by atoms with Gasteiger partial charge in [-0.3, -0.25) is 0 Å². The standard InChI is InChI=1S/C11H10N2O4S/c14-10-9-8(6-12-13-9)11(17-10)18(15,16)7-4-2-1-3-5-7/h1-5,8-9,11H,6H2/t8-,9+,11+/m1/s1. The molecule has 1 aromatic carbocycles. The highest BCUT2D eigenvalue weighted by Crippen LogP contribution is 2.35. The molecule has 0 aliphatic carbocycles. The molecule has 0 saturated carbocycles. The van der Waals surface area contributed by atoms with Crippen molar-refractivity contribution in [3.8, 4) is 0 Å². The van der Waals surface area contributed by atoms with Gasteiger partial charge in [-0.1, -0.05) is 18.2 Å². The van der Waals surface area contributed by atoms with E-state index in [0.717, 1.165) is 0 Å². The zero-order chi connectivity index (χ0) is 12.8. The Hall–Kier alpha value is -1.76. The Bertz CT molecular complexity index is 611. The molecule has 3 atom stereocenters. The second-order valence-electron chi connectivity index (χ2n) is 4.21. The molecule has 3 rings (SSSR count). The highest BCUT2D eigenvalue weighted by molar-refractivity contribution is 7.92. The number of cyclic esters (lactones) is 1. The third-order valence-electron chi connectivity index (χ3n) is 3.11. The van der Waals surface area contributed by atoms with E-state index in [2.05, 4.69) is 10.2 Å². The summed E-state index contributed by atoms with van der Waals surface area (Å²) in [7, 11) is -3.69. The van der Waals surface area contributed by atoms with E-state index in [4.69, 9.17) is 4.74 Å². The van der Waals surface area contributed by atoms with Crippen LogP contribution in [0.15, 0.2) is 45.5 Å². The van der Waals surface area contributed by atoms with Crippen LogP contribution in [0.4, 0.5) is 0 Å². The number of ether oxygens (including phenoxy) is 1. The van der Waals surface area contributed by atoms with Gasteiger partial charge in [0, 0.05) is 0 Å². The van der Waals surface area contributed by atoms with Crippen molar-refractivity contribution in [1.29, 1.82) is 0 Å². The van der Waals surface area contributed by atoms with Crippen LogP contribution < -0.4 is 0 Å². The minimum absolute atomic E-state index is 0.148. The third-order valence-corrected chi connectivity index (χ3v) is 5.09. The molecule has 1 fully saturated rings. The second-order valence-corrected chi connectivity index (χ2v) is 6.24. The summed E-state index contributed by atoms with van der Waals surface area (Å²) in [6.45, 7) is 0.215. The van der Waals surface area contributed by atoms with Crippen molar-refractivity contribution >= 4 is 15.8 Å². The average Bonchev–Trinajstić information content (AvgIpc) is 2.95. The lowest BCUT2D eigenvalue weighted by molar-refractivity contribution is -0.140. The summed E-state index contributed by atoms with van der Waals surface area (Å²) in [4.78, 5) is 11.7. The van der Waals surface area contributed by atoms with Crippen molar-refractivity contribution in [1.82, 2.24) is 0 Å². The van der Waals surface area contributed by atoms with Crippen LogP contribution in [-0.2, 0) is 19.4 Å². The van der Waals surface area contributed by atoms with Gasteiger partial charge in [-0.2, -0.15) is 10.2 Å². The molecule has 0 radical (unpaired) electrons. The summed E-state index contributed by atoms with van der Waals surface area (Å²) >= 11 is 0. The topological polar surface area (TPSA) is 85.2 Å². The molecule has 0 spiro atoms. The first-order valence-corrected chi connectivity index (χ1v) is 7.01. The number of hydrogen-bond donors (Lipinski definition) is 0. The molecular formula is C11H10N2O4S. The van der Waals surface area contributed by atoms with Gasteiger partial charge < -0.3 is 4.74 Å². The van der Waals surface area contributed by atoms with Gasteiger partial charge in [0.2, 0.25) is 15.3 Å². The van der Waals surface area contributed by atoms with Crippen LogP contribution in [0.3, 0.4) is 0 Å². The summed E-state index contributed by atoms with van der Waals surface area (Å²) < 4.78 is 29.7. The van der Waals surface area contributed by atoms with Gasteiger partial charge in [0.15, 0.2) is 6.04 Å². The Morgan fingerprint density at radius 3 is 2.67 bits per heavy atom. The fraction of sp³-hybridized carbons (Fsp3) is 0.364. The monoisotopic (exact) mass is 266 g/mol. The fourth-order valence-electron chi connectivity index (χ4n) is 2.18. The van der Waals surface area contributed by atoms with Crippen LogP contribution >= 0.6 is 0 Å². The van der Waals surface area contributed by atoms with Gasteiger partial charge in [0.1, 0.15) is 0 Å². The quantitative estimate of drug-likeness (QED) is 0.741. The van der Waals surface area contributed by atoms with Crippen LogP contribution in [0.1, 0.15) is 0 Å².